The van der Waals surface area contributed by atoms with Crippen molar-refractivity contribution in [1.82, 2.24) is 0 Å². The van der Waals surface area contributed by atoms with Crippen molar-refractivity contribution in [2.24, 2.45) is 5.16 Å². The van der Waals surface area contributed by atoms with Crippen LogP contribution in [0.2, 0.25) is 0 Å². The summed E-state index contributed by atoms with van der Waals surface area (Å²) in [6.45, 7) is 0. The van der Waals surface area contributed by atoms with E-state index in [4.69, 9.17) is 5.21 Å². The van der Waals surface area contributed by atoms with E-state index in [0.29, 0.717) is 5.92 Å². The monoisotopic (exact) mass is 217 g/mol. The van der Waals surface area contributed by atoms with Gasteiger partial charge in [-0.2, -0.15) is 0 Å². The summed E-state index contributed by atoms with van der Waals surface area (Å²) in [4.78, 5) is 0. The molecule has 1 fully saturated rings. The molecule has 2 rings (SSSR count). The highest BCUT2D eigenvalue weighted by molar-refractivity contribution is 5.90. The molecule has 0 bridgehead atoms. The molecule has 2 nitrogen and oxygen atoms in total. The van der Waals surface area contributed by atoms with Crippen molar-refractivity contribution in [2.45, 2.75) is 44.4 Å². The van der Waals surface area contributed by atoms with Crippen LogP contribution in [-0.2, 0) is 0 Å². The average Bonchev–Trinajstić information content (AvgIpc) is 2.30. The van der Waals surface area contributed by atoms with Crippen LogP contribution in [-0.4, -0.2) is 10.9 Å². The van der Waals surface area contributed by atoms with Gasteiger partial charge >= 0.3 is 0 Å². The first-order valence-corrected chi connectivity index (χ1v) is 6.17. The lowest BCUT2D eigenvalue weighted by atomic mass is 9.84. The molecule has 0 aromatic heterocycles. The van der Waals surface area contributed by atoms with Crippen LogP contribution in [0.15, 0.2) is 35.5 Å². The van der Waals surface area contributed by atoms with Crippen molar-refractivity contribution in [3.63, 3.8) is 0 Å². The Morgan fingerprint density at radius 1 is 1.00 bits per heavy atom. The average molecular weight is 217 g/mol. The van der Waals surface area contributed by atoms with Gasteiger partial charge in [-0.1, -0.05) is 54.8 Å². The van der Waals surface area contributed by atoms with Gasteiger partial charge in [0.2, 0.25) is 0 Å². The Kier molecular flexibility index (Phi) is 3.97. The number of benzene rings is 1. The molecule has 16 heavy (non-hydrogen) atoms. The van der Waals surface area contributed by atoms with Gasteiger partial charge in [0.05, 0.1) is 5.71 Å². The summed E-state index contributed by atoms with van der Waals surface area (Å²) in [5.41, 5.74) is 2.25. The zero-order chi connectivity index (χ0) is 11.2. The van der Waals surface area contributed by atoms with Crippen LogP contribution in [0.5, 0.6) is 0 Å². The van der Waals surface area contributed by atoms with Crippen LogP contribution < -0.4 is 0 Å². The van der Waals surface area contributed by atoms with E-state index < -0.39 is 0 Å². The van der Waals surface area contributed by atoms with E-state index in [1.165, 1.54) is 24.8 Å². The highest BCUT2D eigenvalue weighted by Gasteiger charge is 2.19. The SMILES string of the molecule is ON=C1CCCCCCC1c1ccccc1. The van der Waals surface area contributed by atoms with Crippen LogP contribution in [0, 0.1) is 0 Å². The Balaban J connectivity index is 2.21. The van der Waals surface area contributed by atoms with Crippen molar-refractivity contribution < 1.29 is 5.21 Å². The van der Waals surface area contributed by atoms with Gasteiger partial charge in [-0.25, -0.2) is 0 Å². The first-order valence-electron chi connectivity index (χ1n) is 6.17. The summed E-state index contributed by atoms with van der Waals surface area (Å²) < 4.78 is 0. The van der Waals surface area contributed by atoms with E-state index in [1.807, 2.05) is 6.07 Å². The summed E-state index contributed by atoms with van der Waals surface area (Å²) in [5.74, 6) is 0.325. The highest BCUT2D eigenvalue weighted by Crippen LogP contribution is 2.28. The van der Waals surface area contributed by atoms with Gasteiger partial charge in [0.25, 0.3) is 0 Å². The first-order chi connectivity index (χ1) is 7.92. The lowest BCUT2D eigenvalue weighted by Crippen LogP contribution is -2.15. The highest BCUT2D eigenvalue weighted by atomic mass is 16.4. The van der Waals surface area contributed by atoms with Gasteiger partial charge < -0.3 is 5.21 Å². The zero-order valence-corrected chi connectivity index (χ0v) is 9.60. The number of nitrogens with zero attached hydrogens (tertiary/aromatic N) is 1. The van der Waals surface area contributed by atoms with E-state index in [-0.39, 0.29) is 0 Å². The molecule has 86 valence electrons. The lowest BCUT2D eigenvalue weighted by molar-refractivity contribution is 0.313. The maximum atomic E-state index is 9.13. The Morgan fingerprint density at radius 2 is 1.75 bits per heavy atom. The predicted octanol–water partition coefficient (Wildman–Crippen LogP) is 3.95. The number of hydrogen-bond acceptors (Lipinski definition) is 2. The minimum absolute atomic E-state index is 0.325. The van der Waals surface area contributed by atoms with Crippen LogP contribution in [0.1, 0.15) is 50.0 Å². The fraction of sp³-hybridized carbons (Fsp3) is 0.500. The van der Waals surface area contributed by atoms with Gasteiger partial charge in [-0.15, -0.1) is 0 Å². The van der Waals surface area contributed by atoms with Gasteiger partial charge in [-0.3, -0.25) is 0 Å². The molecule has 1 unspecified atom stereocenters. The minimum Gasteiger partial charge on any atom is -0.411 e. The van der Waals surface area contributed by atoms with E-state index in [0.717, 1.165) is 25.0 Å². The number of oxime groups is 1. The molecule has 0 spiro atoms. The van der Waals surface area contributed by atoms with Crippen molar-refractivity contribution in [3.8, 4) is 0 Å². The Morgan fingerprint density at radius 3 is 2.50 bits per heavy atom. The van der Waals surface area contributed by atoms with Crippen LogP contribution in [0.3, 0.4) is 0 Å². The fourth-order valence-electron chi connectivity index (χ4n) is 2.51. The third-order valence-corrected chi connectivity index (χ3v) is 3.41. The maximum Gasteiger partial charge on any atom is 0.0645 e. The molecule has 1 N–H and O–H groups in total. The Hall–Kier alpha value is -1.31. The van der Waals surface area contributed by atoms with Crippen LogP contribution in [0.4, 0.5) is 0 Å². The maximum absolute atomic E-state index is 9.13. The summed E-state index contributed by atoms with van der Waals surface area (Å²) in [6, 6.07) is 10.4. The second-order valence-corrected chi connectivity index (χ2v) is 4.51. The molecule has 0 aliphatic heterocycles. The summed E-state index contributed by atoms with van der Waals surface area (Å²) in [5, 5.41) is 12.7. The molecule has 1 saturated carbocycles. The molecule has 2 heteroatoms. The summed E-state index contributed by atoms with van der Waals surface area (Å²) in [7, 11) is 0. The Bertz CT molecular complexity index is 345. The van der Waals surface area contributed by atoms with Crippen molar-refractivity contribution in [2.75, 3.05) is 0 Å². The molecule has 1 aliphatic rings. The fourth-order valence-corrected chi connectivity index (χ4v) is 2.51. The molecule has 0 amide bonds. The molecule has 1 aromatic carbocycles. The quantitative estimate of drug-likeness (QED) is 0.560. The van der Waals surface area contributed by atoms with Gasteiger partial charge in [0.15, 0.2) is 0 Å². The molecule has 1 atom stereocenters. The predicted molar refractivity (Wildman–Crippen MR) is 66.1 cm³/mol. The molecular formula is C14H19NO. The molecule has 0 saturated heterocycles. The lowest BCUT2D eigenvalue weighted by Gasteiger charge is -2.21. The molecule has 1 aromatic rings. The third-order valence-electron chi connectivity index (χ3n) is 3.41. The van der Waals surface area contributed by atoms with Gasteiger partial charge in [-0.05, 0) is 24.8 Å². The second-order valence-electron chi connectivity index (χ2n) is 4.51. The summed E-state index contributed by atoms with van der Waals surface area (Å²) in [6.07, 6.45) is 7.02. The van der Waals surface area contributed by atoms with E-state index in [9.17, 15) is 0 Å². The number of hydrogen-bond donors (Lipinski definition) is 1. The molecule has 1 aliphatic carbocycles. The topological polar surface area (TPSA) is 32.6 Å². The van der Waals surface area contributed by atoms with Gasteiger partial charge in [0.1, 0.15) is 0 Å². The van der Waals surface area contributed by atoms with Crippen molar-refractivity contribution >= 4 is 5.71 Å². The normalized spacial score (nSPS) is 25.0. The first kappa shape index (κ1) is 11.2. The van der Waals surface area contributed by atoms with E-state index in [2.05, 4.69) is 29.4 Å². The second kappa shape index (κ2) is 5.69. The number of rotatable bonds is 1. The Labute approximate surface area is 97.0 Å². The van der Waals surface area contributed by atoms with Gasteiger partial charge in [0, 0.05) is 5.92 Å². The van der Waals surface area contributed by atoms with Crippen LogP contribution >= 0.6 is 0 Å². The molecule has 0 radical (unpaired) electrons. The molecular weight excluding hydrogens is 198 g/mol. The third kappa shape index (κ3) is 2.63. The minimum atomic E-state index is 0.325. The largest absolute Gasteiger partial charge is 0.411 e. The summed E-state index contributed by atoms with van der Waals surface area (Å²) >= 11 is 0. The van der Waals surface area contributed by atoms with Crippen molar-refractivity contribution in [1.29, 1.82) is 0 Å². The molecule has 0 heterocycles. The standard InChI is InChI=1S/C14H19NO/c16-15-14-11-7-2-1-6-10-13(14)12-8-4-3-5-9-12/h3-5,8-9,13,16H,1-2,6-7,10-11H2. The smallest absolute Gasteiger partial charge is 0.0645 e. The van der Waals surface area contributed by atoms with E-state index in [1.54, 1.807) is 0 Å². The van der Waals surface area contributed by atoms with E-state index >= 15 is 0 Å². The van der Waals surface area contributed by atoms with Crippen LogP contribution in [0.25, 0.3) is 0 Å². The van der Waals surface area contributed by atoms with Crippen molar-refractivity contribution in [3.05, 3.63) is 35.9 Å². The zero-order valence-electron chi connectivity index (χ0n) is 9.60.